The Hall–Kier alpha value is -3.01. The summed E-state index contributed by atoms with van der Waals surface area (Å²) in [5.74, 6) is 1.72. The van der Waals surface area contributed by atoms with Gasteiger partial charge >= 0.3 is 5.97 Å². The Balaban J connectivity index is 1.20. The van der Waals surface area contributed by atoms with Gasteiger partial charge in [-0.3, -0.25) is 24.1 Å². The number of carbonyl (C=O) groups is 4. The molecule has 1 aliphatic heterocycles. The maximum absolute atomic E-state index is 12.8. The van der Waals surface area contributed by atoms with Gasteiger partial charge in [0, 0.05) is 5.54 Å². The van der Waals surface area contributed by atoms with Crippen molar-refractivity contribution in [3.05, 3.63) is 28.7 Å². The topological polar surface area (TPSA) is 111 Å². The van der Waals surface area contributed by atoms with Crippen molar-refractivity contribution >= 4 is 40.9 Å². The van der Waals surface area contributed by atoms with Crippen LogP contribution in [0.1, 0.15) is 57.9 Å². The zero-order valence-corrected chi connectivity index (χ0v) is 22.8. The lowest BCUT2D eigenvalue weighted by Gasteiger charge is -2.56. The van der Waals surface area contributed by atoms with Crippen LogP contribution in [0, 0.1) is 17.8 Å². The molecule has 5 fully saturated rings. The van der Waals surface area contributed by atoms with Gasteiger partial charge in [-0.1, -0.05) is 6.07 Å². The van der Waals surface area contributed by atoms with Gasteiger partial charge < -0.3 is 19.5 Å². The van der Waals surface area contributed by atoms with Crippen LogP contribution < -0.4 is 14.8 Å². The van der Waals surface area contributed by atoms with Gasteiger partial charge in [0.1, 0.15) is 6.54 Å². The summed E-state index contributed by atoms with van der Waals surface area (Å²) in [5.41, 5.74) is 0.542. The van der Waals surface area contributed by atoms with Crippen LogP contribution in [0.2, 0.25) is 0 Å². The second kappa shape index (κ2) is 10.6. The van der Waals surface area contributed by atoms with Crippen molar-refractivity contribution < 1.29 is 33.4 Å². The summed E-state index contributed by atoms with van der Waals surface area (Å²) < 4.78 is 16.3. The van der Waals surface area contributed by atoms with E-state index in [0.29, 0.717) is 17.1 Å². The maximum Gasteiger partial charge on any atom is 0.326 e. The van der Waals surface area contributed by atoms with Gasteiger partial charge in [-0.2, -0.15) is 0 Å². The normalized spacial score (nSPS) is 28.8. The highest BCUT2D eigenvalue weighted by Gasteiger charge is 2.51. The fraction of sp³-hybridized carbons (Fsp3) is 0.571. The van der Waals surface area contributed by atoms with E-state index in [4.69, 9.17) is 14.2 Å². The Morgan fingerprint density at radius 3 is 2.37 bits per heavy atom. The highest BCUT2D eigenvalue weighted by Crippen LogP contribution is 2.55. The summed E-state index contributed by atoms with van der Waals surface area (Å²) in [6.07, 6.45) is 8.39. The van der Waals surface area contributed by atoms with Crippen molar-refractivity contribution in [3.8, 4) is 11.5 Å². The van der Waals surface area contributed by atoms with Crippen molar-refractivity contribution in [2.75, 3.05) is 20.3 Å². The first-order valence-electron chi connectivity index (χ1n) is 13.2. The Morgan fingerprint density at radius 1 is 1.11 bits per heavy atom. The summed E-state index contributed by atoms with van der Waals surface area (Å²) in [6.45, 7) is 2.86. The zero-order chi connectivity index (χ0) is 27.0. The summed E-state index contributed by atoms with van der Waals surface area (Å²) in [6, 6.07) is 5.07. The Bertz CT molecular complexity index is 1140. The van der Waals surface area contributed by atoms with Crippen molar-refractivity contribution in [1.29, 1.82) is 0 Å². The van der Waals surface area contributed by atoms with Crippen molar-refractivity contribution in [3.63, 3.8) is 0 Å². The number of ether oxygens (including phenoxy) is 3. The number of hydrogen-bond donors (Lipinski definition) is 1. The molecule has 3 amide bonds. The molecule has 1 heterocycles. The molecular formula is C28H34N2O7S. The van der Waals surface area contributed by atoms with E-state index >= 15 is 0 Å². The minimum absolute atomic E-state index is 0.0718. The maximum atomic E-state index is 12.8. The van der Waals surface area contributed by atoms with Crippen LogP contribution in [0.4, 0.5) is 4.79 Å². The summed E-state index contributed by atoms with van der Waals surface area (Å²) >= 11 is 0.761. The number of nitrogens with one attached hydrogen (secondary N) is 1. The standard InChI is InChI=1S/C28H34N2O7S/c1-16(2)37-25(32)14-30-26(33)23(38-27(30)34)10-17-4-5-21(22(9-17)35-3)36-15-24(31)29-28-11-18-6-19(12-28)8-20(7-18)13-28/h4-5,9-10,16,18-20H,6-8,11-15H2,1-3H3,(H,29,31)/b23-10-. The molecule has 38 heavy (non-hydrogen) atoms. The van der Waals surface area contributed by atoms with Crippen LogP contribution in [-0.4, -0.2) is 59.8 Å². The molecule has 0 atom stereocenters. The van der Waals surface area contributed by atoms with Gasteiger partial charge in [-0.15, -0.1) is 0 Å². The molecule has 0 unspecified atom stereocenters. The van der Waals surface area contributed by atoms with Crippen molar-refractivity contribution in [2.45, 2.75) is 64.0 Å². The third kappa shape index (κ3) is 5.70. The molecule has 1 aromatic rings. The fourth-order valence-corrected chi connectivity index (χ4v) is 7.69. The van der Waals surface area contributed by atoms with Gasteiger partial charge in [0.25, 0.3) is 17.1 Å². The lowest BCUT2D eigenvalue weighted by atomic mass is 9.53. The SMILES string of the molecule is COc1cc(/C=C2\SC(=O)N(CC(=O)OC(C)C)C2=O)ccc1OCC(=O)NC12CC3CC(CC(C3)C1)C2. The van der Waals surface area contributed by atoms with Crippen LogP contribution in [0.15, 0.2) is 23.1 Å². The van der Waals surface area contributed by atoms with Crippen LogP contribution in [0.3, 0.4) is 0 Å². The zero-order valence-electron chi connectivity index (χ0n) is 22.0. The third-order valence-electron chi connectivity index (χ3n) is 7.81. The van der Waals surface area contributed by atoms with Gasteiger partial charge in [0.05, 0.1) is 18.1 Å². The number of hydrogen-bond acceptors (Lipinski definition) is 8. The first-order valence-corrected chi connectivity index (χ1v) is 14.0. The highest BCUT2D eigenvalue weighted by atomic mass is 32.2. The number of carbonyl (C=O) groups excluding carboxylic acids is 4. The molecule has 1 saturated heterocycles. The molecule has 6 rings (SSSR count). The minimum atomic E-state index is -0.640. The van der Waals surface area contributed by atoms with Crippen molar-refractivity contribution in [2.24, 2.45) is 17.8 Å². The molecule has 9 nitrogen and oxygen atoms in total. The van der Waals surface area contributed by atoms with Crippen LogP contribution >= 0.6 is 11.8 Å². The molecule has 1 N–H and O–H groups in total. The monoisotopic (exact) mass is 542 g/mol. The molecule has 0 spiro atoms. The molecule has 5 aliphatic rings. The average molecular weight is 543 g/mol. The number of benzene rings is 1. The molecule has 4 aliphatic carbocycles. The number of rotatable bonds is 9. The number of imide groups is 1. The second-order valence-corrected chi connectivity index (χ2v) is 12.2. The number of esters is 1. The summed E-state index contributed by atoms with van der Waals surface area (Å²) in [7, 11) is 1.50. The molecule has 0 radical (unpaired) electrons. The van der Waals surface area contributed by atoms with E-state index < -0.39 is 23.7 Å². The fourth-order valence-electron chi connectivity index (χ4n) is 6.85. The largest absolute Gasteiger partial charge is 0.493 e. The second-order valence-electron chi connectivity index (χ2n) is 11.3. The quantitative estimate of drug-likeness (QED) is 0.366. The van der Waals surface area contributed by atoms with E-state index in [1.807, 2.05) is 0 Å². The van der Waals surface area contributed by atoms with Gasteiger partial charge in [0.15, 0.2) is 18.1 Å². The van der Waals surface area contributed by atoms with E-state index in [1.54, 1.807) is 38.1 Å². The van der Waals surface area contributed by atoms with Gasteiger partial charge in [-0.25, -0.2) is 0 Å². The summed E-state index contributed by atoms with van der Waals surface area (Å²) in [4.78, 5) is 50.8. The molecule has 0 aromatic heterocycles. The molecule has 1 aromatic carbocycles. The van der Waals surface area contributed by atoms with Crippen molar-refractivity contribution in [1.82, 2.24) is 10.2 Å². The lowest BCUT2D eigenvalue weighted by Crippen LogP contribution is -2.60. The molecule has 10 heteroatoms. The number of methoxy groups -OCH3 is 1. The van der Waals surface area contributed by atoms with E-state index in [-0.39, 0.29) is 29.1 Å². The molecule has 204 valence electrons. The molecule has 4 bridgehead atoms. The van der Waals surface area contributed by atoms with E-state index in [2.05, 4.69) is 5.32 Å². The number of nitrogens with zero attached hydrogens (tertiary/aromatic N) is 1. The average Bonchev–Trinajstić information content (AvgIpc) is 3.08. The van der Waals surface area contributed by atoms with Gasteiger partial charge in [-0.05, 0) is 106 Å². The van der Waals surface area contributed by atoms with E-state index in [1.165, 1.54) is 26.4 Å². The van der Waals surface area contributed by atoms with Crippen LogP contribution in [-0.2, 0) is 19.1 Å². The van der Waals surface area contributed by atoms with Crippen LogP contribution in [0.5, 0.6) is 11.5 Å². The third-order valence-corrected chi connectivity index (χ3v) is 8.72. The Labute approximate surface area is 226 Å². The Morgan fingerprint density at radius 2 is 1.76 bits per heavy atom. The molecular weight excluding hydrogens is 508 g/mol. The number of amides is 3. The minimum Gasteiger partial charge on any atom is -0.493 e. The molecule has 4 saturated carbocycles. The lowest BCUT2D eigenvalue weighted by molar-refractivity contribution is -0.149. The van der Waals surface area contributed by atoms with E-state index in [9.17, 15) is 19.2 Å². The van der Waals surface area contributed by atoms with Gasteiger partial charge in [0.2, 0.25) is 0 Å². The van der Waals surface area contributed by atoms with E-state index in [0.717, 1.165) is 53.7 Å². The Kier molecular flexibility index (Phi) is 7.44. The highest BCUT2D eigenvalue weighted by molar-refractivity contribution is 8.18. The first kappa shape index (κ1) is 26.6. The summed E-state index contributed by atoms with van der Waals surface area (Å²) in [5, 5.41) is 2.78. The predicted molar refractivity (Wildman–Crippen MR) is 141 cm³/mol. The smallest absolute Gasteiger partial charge is 0.326 e. The number of thioether (sulfide) groups is 1. The first-order chi connectivity index (χ1) is 18.1. The van der Waals surface area contributed by atoms with Crippen LogP contribution in [0.25, 0.3) is 6.08 Å². The predicted octanol–water partition coefficient (Wildman–Crippen LogP) is 4.15.